The van der Waals surface area contributed by atoms with Crippen molar-refractivity contribution in [3.05, 3.63) is 98.9 Å². The van der Waals surface area contributed by atoms with Gasteiger partial charge in [-0.25, -0.2) is 0 Å². The fourth-order valence-electron chi connectivity index (χ4n) is 6.90. The highest BCUT2D eigenvalue weighted by Crippen LogP contribution is 2.61. The van der Waals surface area contributed by atoms with Gasteiger partial charge in [0.05, 0.1) is 10.8 Å². The Hall–Kier alpha value is -3.91. The van der Waals surface area contributed by atoms with Gasteiger partial charge in [0, 0.05) is 41.5 Å². The summed E-state index contributed by atoms with van der Waals surface area (Å²) >= 11 is 0. The van der Waals surface area contributed by atoms with Crippen molar-refractivity contribution < 1.29 is 14.5 Å². The van der Waals surface area contributed by atoms with Crippen molar-refractivity contribution in [1.82, 2.24) is 9.88 Å². The number of aryl methyl sites for hydroxylation is 2. The summed E-state index contributed by atoms with van der Waals surface area (Å²) in [7, 11) is 0. The lowest BCUT2D eigenvalue weighted by atomic mass is 9.69. The van der Waals surface area contributed by atoms with Crippen molar-refractivity contribution in [3.8, 4) is 0 Å². The zero-order valence-corrected chi connectivity index (χ0v) is 20.1. The van der Waals surface area contributed by atoms with Crippen LogP contribution in [0.4, 0.5) is 11.4 Å². The summed E-state index contributed by atoms with van der Waals surface area (Å²) in [5, 5.41) is 14.7. The van der Waals surface area contributed by atoms with Gasteiger partial charge in [0.1, 0.15) is 11.2 Å². The summed E-state index contributed by atoms with van der Waals surface area (Å²) in [6.07, 6.45) is 3.26. The Morgan fingerprint density at radius 2 is 2.00 bits per heavy atom. The first-order chi connectivity index (χ1) is 17.3. The average molecular weight is 483 g/mol. The number of hydrogen-bond acceptors (Lipinski definition) is 6. The molecule has 1 spiro atoms. The smallest absolute Gasteiger partial charge is 0.269 e. The van der Waals surface area contributed by atoms with Crippen LogP contribution in [0.3, 0.4) is 0 Å². The fraction of sp³-hybridized carbons (Fsp3) is 0.321. The third-order valence-corrected chi connectivity index (χ3v) is 8.12. The molecule has 2 saturated heterocycles. The van der Waals surface area contributed by atoms with Crippen molar-refractivity contribution in [2.24, 2.45) is 5.92 Å². The molecule has 8 nitrogen and oxygen atoms in total. The summed E-state index contributed by atoms with van der Waals surface area (Å²) in [6.45, 7) is 4.63. The van der Waals surface area contributed by atoms with Gasteiger partial charge in [0.2, 0.25) is 5.91 Å². The SMILES string of the molecule is Cc1cc(C)c2c(c1)[C@]1(C(=O)N2)C(C(=O)c2ccccn2)C(c2cccc([N+](=O)[O-])c2)C2CCCN21. The molecule has 6 rings (SSSR count). The van der Waals surface area contributed by atoms with Crippen molar-refractivity contribution in [1.29, 1.82) is 0 Å². The number of nitro benzene ring substituents is 1. The highest BCUT2D eigenvalue weighted by atomic mass is 16.6. The number of fused-ring (bicyclic) bond motifs is 4. The minimum Gasteiger partial charge on any atom is -0.324 e. The molecule has 8 heteroatoms. The highest BCUT2D eigenvalue weighted by molar-refractivity contribution is 6.12. The van der Waals surface area contributed by atoms with Crippen LogP contribution in [0.5, 0.6) is 0 Å². The van der Waals surface area contributed by atoms with Crippen molar-refractivity contribution >= 4 is 23.1 Å². The number of pyridine rings is 1. The van der Waals surface area contributed by atoms with Crippen LogP contribution >= 0.6 is 0 Å². The zero-order valence-electron chi connectivity index (χ0n) is 20.1. The molecule has 182 valence electrons. The number of amides is 1. The number of anilines is 1. The molecule has 3 aliphatic heterocycles. The van der Waals surface area contributed by atoms with Crippen molar-refractivity contribution in [2.45, 2.75) is 44.2 Å². The van der Waals surface area contributed by atoms with E-state index in [-0.39, 0.29) is 23.4 Å². The van der Waals surface area contributed by atoms with Crippen LogP contribution in [0.1, 0.15) is 51.5 Å². The number of benzene rings is 2. The van der Waals surface area contributed by atoms with Crippen LogP contribution in [0.15, 0.2) is 60.8 Å². The number of nitrogens with one attached hydrogen (secondary N) is 1. The van der Waals surface area contributed by atoms with E-state index in [0.29, 0.717) is 17.8 Å². The number of carbonyl (C=O) groups is 2. The molecule has 3 unspecified atom stereocenters. The van der Waals surface area contributed by atoms with Gasteiger partial charge in [-0.2, -0.15) is 0 Å². The molecule has 1 amide bonds. The van der Waals surface area contributed by atoms with Crippen LogP contribution in [-0.4, -0.2) is 39.1 Å². The standard InChI is InChI=1S/C28H26N4O4/c1-16-13-17(2)25-20(14-16)28(27(34)30-25)24(26(33)21-9-3-4-11-29-21)23(22-10-6-12-31(22)28)18-7-5-8-19(15-18)32(35)36/h3-5,7-9,11,13-15,22-24H,6,10,12H2,1-2H3,(H,30,34)/t22?,23?,24?,28-/m1/s1. The van der Waals surface area contributed by atoms with Gasteiger partial charge in [-0.15, -0.1) is 0 Å². The van der Waals surface area contributed by atoms with Crippen LogP contribution in [0.25, 0.3) is 0 Å². The van der Waals surface area contributed by atoms with Gasteiger partial charge in [0.15, 0.2) is 5.78 Å². The number of ketones is 1. The van der Waals surface area contributed by atoms with E-state index in [9.17, 15) is 19.7 Å². The van der Waals surface area contributed by atoms with Crippen LogP contribution in [0, 0.1) is 29.9 Å². The minimum absolute atomic E-state index is 0.0232. The number of Topliss-reactive ketones (excluding diaryl/α,β-unsaturated/α-hetero) is 1. The molecule has 4 heterocycles. The molecule has 36 heavy (non-hydrogen) atoms. The summed E-state index contributed by atoms with van der Waals surface area (Å²) in [5.41, 5.74) is 3.31. The van der Waals surface area contributed by atoms with Crippen LogP contribution in [-0.2, 0) is 10.3 Å². The van der Waals surface area contributed by atoms with E-state index < -0.39 is 22.3 Å². The number of hydrogen-bond donors (Lipinski definition) is 1. The molecule has 3 aliphatic rings. The lowest BCUT2D eigenvalue weighted by Crippen LogP contribution is -2.53. The van der Waals surface area contributed by atoms with E-state index in [0.717, 1.165) is 35.2 Å². The molecule has 3 aromatic rings. The van der Waals surface area contributed by atoms with E-state index in [1.807, 2.05) is 32.0 Å². The number of non-ortho nitro benzene ring substituents is 1. The van der Waals surface area contributed by atoms with E-state index in [1.165, 1.54) is 6.07 Å². The number of aromatic nitrogens is 1. The third-order valence-electron chi connectivity index (χ3n) is 8.12. The van der Waals surface area contributed by atoms with Crippen LogP contribution in [0.2, 0.25) is 0 Å². The zero-order chi connectivity index (χ0) is 25.2. The third kappa shape index (κ3) is 3.00. The summed E-state index contributed by atoms with van der Waals surface area (Å²) in [6, 6.07) is 15.7. The minimum atomic E-state index is -1.21. The second-order valence-corrected chi connectivity index (χ2v) is 10.1. The number of nitrogens with zero attached hydrogens (tertiary/aromatic N) is 3. The molecular formula is C28H26N4O4. The van der Waals surface area contributed by atoms with E-state index >= 15 is 0 Å². The van der Waals surface area contributed by atoms with Gasteiger partial charge < -0.3 is 5.32 Å². The normalized spacial score (nSPS) is 26.6. The molecule has 1 N–H and O–H groups in total. The van der Waals surface area contributed by atoms with Gasteiger partial charge in [-0.3, -0.25) is 29.6 Å². The summed E-state index contributed by atoms with van der Waals surface area (Å²) < 4.78 is 0. The maximum Gasteiger partial charge on any atom is 0.269 e. The Kier molecular flexibility index (Phi) is 5.05. The molecular weight excluding hydrogens is 456 g/mol. The first kappa shape index (κ1) is 22.5. The second kappa shape index (κ2) is 8.06. The first-order valence-corrected chi connectivity index (χ1v) is 12.2. The molecule has 0 saturated carbocycles. The Morgan fingerprint density at radius 3 is 2.75 bits per heavy atom. The lowest BCUT2D eigenvalue weighted by molar-refractivity contribution is -0.384. The highest BCUT2D eigenvalue weighted by Gasteiger charge is 2.69. The topological polar surface area (TPSA) is 105 Å². The van der Waals surface area contributed by atoms with Crippen molar-refractivity contribution in [2.75, 3.05) is 11.9 Å². The number of carbonyl (C=O) groups excluding carboxylic acids is 2. The monoisotopic (exact) mass is 482 g/mol. The largest absolute Gasteiger partial charge is 0.324 e. The molecule has 2 fully saturated rings. The Labute approximate surface area is 208 Å². The molecule has 0 radical (unpaired) electrons. The molecule has 0 aliphatic carbocycles. The van der Waals surface area contributed by atoms with E-state index in [4.69, 9.17) is 0 Å². The average Bonchev–Trinajstić information content (AvgIpc) is 3.53. The van der Waals surface area contributed by atoms with E-state index in [1.54, 1.807) is 36.5 Å². The number of nitro groups is 1. The van der Waals surface area contributed by atoms with Gasteiger partial charge >= 0.3 is 0 Å². The quantitative estimate of drug-likeness (QED) is 0.333. The van der Waals surface area contributed by atoms with Gasteiger partial charge in [-0.1, -0.05) is 35.9 Å². The molecule has 0 bridgehead atoms. The molecule has 1 aromatic heterocycles. The van der Waals surface area contributed by atoms with E-state index in [2.05, 4.69) is 15.2 Å². The lowest BCUT2D eigenvalue weighted by Gasteiger charge is -2.37. The summed E-state index contributed by atoms with van der Waals surface area (Å²) in [4.78, 5) is 46.3. The van der Waals surface area contributed by atoms with Crippen LogP contribution < -0.4 is 5.32 Å². The predicted octanol–water partition coefficient (Wildman–Crippen LogP) is 4.51. The molecule has 2 aromatic carbocycles. The fourth-order valence-corrected chi connectivity index (χ4v) is 6.90. The second-order valence-electron chi connectivity index (χ2n) is 10.1. The maximum absolute atomic E-state index is 14.4. The van der Waals surface area contributed by atoms with Gasteiger partial charge in [-0.05, 0) is 56.5 Å². The first-order valence-electron chi connectivity index (χ1n) is 12.2. The maximum atomic E-state index is 14.4. The number of rotatable bonds is 4. The Bertz CT molecular complexity index is 1420. The Morgan fingerprint density at radius 1 is 1.17 bits per heavy atom. The molecule has 4 atom stereocenters. The predicted molar refractivity (Wildman–Crippen MR) is 134 cm³/mol. The van der Waals surface area contributed by atoms with Crippen molar-refractivity contribution in [3.63, 3.8) is 0 Å². The summed E-state index contributed by atoms with van der Waals surface area (Å²) in [5.74, 6) is -1.62. The Balaban J connectivity index is 1.64. The van der Waals surface area contributed by atoms with Gasteiger partial charge in [0.25, 0.3) is 5.69 Å².